The first kappa shape index (κ1) is 8.85. The van der Waals surface area contributed by atoms with E-state index in [1.807, 2.05) is 0 Å². The van der Waals surface area contributed by atoms with E-state index in [4.69, 9.17) is 16.8 Å². The van der Waals surface area contributed by atoms with E-state index in [2.05, 4.69) is 9.85 Å². The average molecular weight is 195 g/mol. The highest BCUT2D eigenvalue weighted by Crippen LogP contribution is 2.19. The largest absolute Gasteiger partial charge is 0.479 e. The van der Waals surface area contributed by atoms with Gasteiger partial charge in [0.15, 0.2) is 12.4 Å². The van der Waals surface area contributed by atoms with Crippen LogP contribution in [0.1, 0.15) is 0 Å². The Morgan fingerprint density at radius 3 is 2.31 bits per heavy atom. The molecule has 7 nitrogen and oxygen atoms in total. The van der Waals surface area contributed by atoms with Gasteiger partial charge in [-0.05, 0) is 0 Å². The van der Waals surface area contributed by atoms with Gasteiger partial charge in [-0.3, -0.25) is 0 Å². The van der Waals surface area contributed by atoms with Crippen LogP contribution in [0.2, 0.25) is 0 Å². The van der Waals surface area contributed by atoms with Gasteiger partial charge in [0.1, 0.15) is 18.3 Å². The summed E-state index contributed by atoms with van der Waals surface area (Å²) in [6, 6.07) is 0. The van der Waals surface area contributed by atoms with E-state index in [-0.39, 0.29) is 0 Å². The number of carbonyl (C=O) groups is 1. The van der Waals surface area contributed by atoms with Crippen LogP contribution >= 0.6 is 0 Å². The number of carboxylic acids is 1. The zero-order valence-corrected chi connectivity index (χ0v) is 6.40. The summed E-state index contributed by atoms with van der Waals surface area (Å²) in [6.07, 6.45) is -8.67. The second-order valence-electron chi connectivity index (χ2n) is 2.74. The highest BCUT2D eigenvalue weighted by molar-refractivity contribution is 5.73. The molecule has 76 valence electrons. The molecule has 1 saturated heterocycles. The molecule has 5 atom stereocenters. The van der Waals surface area contributed by atoms with Gasteiger partial charge in [0.05, 0.1) is 0 Å². The van der Waals surface area contributed by atoms with Crippen LogP contribution in [0.25, 0.3) is 1.43 Å². The molecule has 0 aromatic heterocycles. The molecule has 1 heterocycles. The summed E-state index contributed by atoms with van der Waals surface area (Å²) >= 11 is 0. The van der Waals surface area contributed by atoms with E-state index in [9.17, 15) is 9.90 Å². The number of aliphatic hydroxyl groups excluding tert-OH is 4. The van der Waals surface area contributed by atoms with Gasteiger partial charge < -0.3 is 30.3 Å². The maximum Gasteiger partial charge on any atom is 0.335 e. The molecule has 0 aliphatic carbocycles. The lowest BCUT2D eigenvalue weighted by molar-refractivity contribution is -0.279. The van der Waals surface area contributed by atoms with Crippen LogP contribution in [0.4, 0.5) is 0 Å². The van der Waals surface area contributed by atoms with Crippen LogP contribution in [0.15, 0.2) is 0 Å². The third-order valence-corrected chi connectivity index (χ3v) is 1.82. The van der Waals surface area contributed by atoms with E-state index in [1.165, 1.54) is 0 Å². The molecular weight excluding hydrogens is 184 g/mol. The monoisotopic (exact) mass is 195 g/mol. The van der Waals surface area contributed by atoms with Gasteiger partial charge in [0.25, 0.3) is 1.43 Å². The number of hydrogen-bond donors (Lipinski definition) is 5. The van der Waals surface area contributed by atoms with Crippen molar-refractivity contribution >= 4 is 5.97 Å². The number of hydrogen-bond acceptors (Lipinski definition) is 7. The summed E-state index contributed by atoms with van der Waals surface area (Å²) < 4.78 is 10.7. The Kier molecular flexibility index (Phi) is 2.42. The first-order valence-corrected chi connectivity index (χ1v) is 3.53. The quantitative estimate of drug-likeness (QED) is 0.299. The van der Waals surface area contributed by atoms with Crippen molar-refractivity contribution in [2.24, 2.45) is 0 Å². The van der Waals surface area contributed by atoms with Crippen molar-refractivity contribution < 1.29 is 35.1 Å². The van der Waals surface area contributed by atoms with Crippen molar-refractivity contribution in [1.82, 2.24) is 0 Å². The highest BCUT2D eigenvalue weighted by Gasteiger charge is 2.46. The van der Waals surface area contributed by atoms with E-state index < -0.39 is 36.7 Å². The molecule has 1 fully saturated rings. The van der Waals surface area contributed by atoms with E-state index in [0.717, 1.165) is 0 Å². The minimum absolute atomic E-state index is 1.26. The number of aliphatic carboxylic acids is 1. The molecule has 0 amide bonds. The van der Waals surface area contributed by atoms with Crippen molar-refractivity contribution in [3.05, 3.63) is 0 Å². The minimum atomic E-state index is -1.81. The zero-order valence-electron chi connectivity index (χ0n) is 7.40. The summed E-state index contributed by atoms with van der Waals surface area (Å²) in [7, 11) is 0. The number of carboxylic acid groups (broad SMARTS) is 1. The van der Waals surface area contributed by atoms with Gasteiger partial charge >= 0.3 is 5.97 Å². The first-order chi connectivity index (χ1) is 6.49. The minimum Gasteiger partial charge on any atom is -0.479 e. The molecule has 5 N–H and O–H groups in total. The molecule has 7 heteroatoms. The smallest absolute Gasteiger partial charge is 0.335 e. The topological polar surface area (TPSA) is 127 Å². The Balaban J connectivity index is 2.75. The van der Waals surface area contributed by atoms with Crippen LogP contribution in [-0.2, 0) is 9.53 Å². The Morgan fingerprint density at radius 2 is 1.77 bits per heavy atom. The van der Waals surface area contributed by atoms with E-state index in [0.29, 0.717) is 0 Å². The molecule has 0 spiro atoms. The van der Waals surface area contributed by atoms with Gasteiger partial charge in [0.2, 0.25) is 0 Å². The zero-order chi connectivity index (χ0) is 10.9. The fourth-order valence-corrected chi connectivity index (χ4v) is 1.06. The SMILES string of the molecule is [2H]OC(=O)[C@H]1O[C@@H](O)[C@H](O)[C@@H](O)[C@@H]1O. The number of rotatable bonds is 1. The molecule has 1 aliphatic heterocycles. The molecule has 1 rings (SSSR count). The molecule has 0 aromatic carbocycles. The van der Waals surface area contributed by atoms with Crippen LogP contribution in [-0.4, -0.2) is 62.2 Å². The first-order valence-electron chi connectivity index (χ1n) is 3.94. The standard InChI is InChI=1S/C6H10O7/c7-1-2(8)4(5(10)11)13-6(12)3(1)9/h1-4,6-9,12H,(H,10,11)/t1-,2-,3+,4-,6+/m0/s1/i/hD. The number of aliphatic hydroxyl groups is 4. The maximum absolute atomic E-state index is 10.8. The van der Waals surface area contributed by atoms with E-state index in [1.54, 1.807) is 0 Å². The molecular formula is C6H10O7. The fourth-order valence-electron chi connectivity index (χ4n) is 1.06. The third-order valence-electron chi connectivity index (χ3n) is 1.82. The van der Waals surface area contributed by atoms with E-state index >= 15 is 0 Å². The second-order valence-corrected chi connectivity index (χ2v) is 2.74. The van der Waals surface area contributed by atoms with Crippen molar-refractivity contribution in [3.63, 3.8) is 0 Å². The molecule has 1 aliphatic rings. The van der Waals surface area contributed by atoms with Gasteiger partial charge in [-0.2, -0.15) is 0 Å². The fraction of sp³-hybridized carbons (Fsp3) is 0.833. The highest BCUT2D eigenvalue weighted by atomic mass is 16.6. The molecule has 0 radical (unpaired) electrons. The Hall–Kier alpha value is -0.730. The molecule has 13 heavy (non-hydrogen) atoms. The lowest BCUT2D eigenvalue weighted by Gasteiger charge is -2.36. The van der Waals surface area contributed by atoms with Crippen molar-refractivity contribution in [3.8, 4) is 0 Å². The van der Waals surface area contributed by atoms with Gasteiger partial charge in [0, 0.05) is 0 Å². The average Bonchev–Trinajstić information content (AvgIpc) is 2.19. The molecule has 0 saturated carbocycles. The van der Waals surface area contributed by atoms with Gasteiger partial charge in [-0.1, -0.05) is 0 Å². The molecule has 0 aromatic rings. The normalized spacial score (nSPS) is 46.8. The molecule has 0 bridgehead atoms. The summed E-state index contributed by atoms with van der Waals surface area (Å²) in [4.78, 5) is 10.8. The van der Waals surface area contributed by atoms with Crippen LogP contribution < -0.4 is 0 Å². The molecule has 0 unspecified atom stereocenters. The predicted molar refractivity (Wildman–Crippen MR) is 36.5 cm³/mol. The van der Waals surface area contributed by atoms with Crippen LogP contribution in [0.5, 0.6) is 0 Å². The Morgan fingerprint density at radius 1 is 1.15 bits per heavy atom. The van der Waals surface area contributed by atoms with Crippen molar-refractivity contribution in [2.45, 2.75) is 30.7 Å². The maximum atomic E-state index is 10.8. The van der Waals surface area contributed by atoms with Crippen molar-refractivity contribution in [1.29, 1.82) is 1.43 Å². The number of ether oxygens (including phenoxy) is 1. The van der Waals surface area contributed by atoms with Crippen LogP contribution in [0, 0.1) is 0 Å². The summed E-state index contributed by atoms with van der Waals surface area (Å²) in [5.74, 6) is -1.26. The Bertz CT molecular complexity index is 222. The van der Waals surface area contributed by atoms with Gasteiger partial charge in [-0.25, -0.2) is 4.79 Å². The summed E-state index contributed by atoms with van der Waals surface area (Å²) in [5, 5.41) is 39.8. The second kappa shape index (κ2) is 3.56. The van der Waals surface area contributed by atoms with Crippen molar-refractivity contribution in [2.75, 3.05) is 0 Å². The van der Waals surface area contributed by atoms with Gasteiger partial charge in [-0.15, -0.1) is 0 Å². The predicted octanol–water partition coefficient (Wildman–Crippen LogP) is -3.13. The summed E-state index contributed by atoms with van der Waals surface area (Å²) in [6.45, 7) is 0. The lowest BCUT2D eigenvalue weighted by Crippen LogP contribution is -2.59. The third kappa shape index (κ3) is 1.79. The lowest BCUT2D eigenvalue weighted by atomic mass is 9.99. The summed E-state index contributed by atoms with van der Waals surface area (Å²) in [5.41, 5.74) is 0. The Labute approximate surface area is 74.3 Å². The van der Waals surface area contributed by atoms with Crippen LogP contribution in [0.3, 0.4) is 0 Å².